The minimum Gasteiger partial charge on any atom is -0.387 e. The van der Waals surface area contributed by atoms with Crippen molar-refractivity contribution in [3.63, 3.8) is 0 Å². The van der Waals surface area contributed by atoms with Crippen molar-refractivity contribution in [2.45, 2.75) is 142 Å². The van der Waals surface area contributed by atoms with Gasteiger partial charge in [-0.25, -0.2) is 4.57 Å². The Morgan fingerprint density at radius 1 is 0.642 bits per heavy atom. The molecule has 300 valence electrons. The van der Waals surface area contributed by atoms with Crippen molar-refractivity contribution < 1.29 is 28.4 Å². The van der Waals surface area contributed by atoms with E-state index in [2.05, 4.69) is 116 Å². The van der Waals surface area contributed by atoms with Gasteiger partial charge in [-0.05, 0) is 89.9 Å². The number of hydrogen-bond acceptors (Lipinski definition) is 6. The Kier molecular flexibility index (Phi) is 36.8. The average molecular weight is 757 g/mol. The van der Waals surface area contributed by atoms with Gasteiger partial charge in [0, 0.05) is 13.0 Å². The molecule has 0 aromatic heterocycles. The Morgan fingerprint density at radius 3 is 1.64 bits per heavy atom. The number of carbonyl (C=O) groups is 1. The second kappa shape index (κ2) is 38.9. The smallest absolute Gasteiger partial charge is 0.387 e. The molecule has 0 heterocycles. The Bertz CT molecular complexity index is 1180. The summed E-state index contributed by atoms with van der Waals surface area (Å²) in [7, 11) is -4.36. The van der Waals surface area contributed by atoms with E-state index in [9.17, 15) is 19.4 Å². The van der Waals surface area contributed by atoms with E-state index in [0.29, 0.717) is 12.8 Å². The molecule has 0 saturated heterocycles. The molecule has 0 fully saturated rings. The molecule has 0 aliphatic carbocycles. The summed E-state index contributed by atoms with van der Waals surface area (Å²) >= 11 is 0. The van der Waals surface area contributed by atoms with Gasteiger partial charge in [0.15, 0.2) is 0 Å². The van der Waals surface area contributed by atoms with E-state index in [1.165, 1.54) is 0 Å². The van der Waals surface area contributed by atoms with Crippen molar-refractivity contribution in [3.05, 3.63) is 109 Å². The molecular formula is C44H73N2O6P. The predicted molar refractivity (Wildman–Crippen MR) is 225 cm³/mol. The normalized spacial score (nSPS) is 15.3. The topological polar surface area (TPSA) is 131 Å². The molecule has 0 rings (SSSR count). The Balaban J connectivity index is 4.34. The largest absolute Gasteiger partial charge is 0.472 e. The average Bonchev–Trinajstić information content (AvgIpc) is 3.14. The number of hydrogen-bond donors (Lipinski definition) is 4. The molecule has 3 atom stereocenters. The second-order valence-corrected chi connectivity index (χ2v) is 14.2. The zero-order valence-corrected chi connectivity index (χ0v) is 33.8. The zero-order valence-electron chi connectivity index (χ0n) is 32.9. The van der Waals surface area contributed by atoms with Crippen LogP contribution in [0.3, 0.4) is 0 Å². The summed E-state index contributed by atoms with van der Waals surface area (Å²) < 4.78 is 22.0. The SMILES string of the molecule is CC/C=C\C/C=C\C/C=C\C/C=C\C/C=C\C/C=C\CCCCCCC(=O)NC(COP(=O)(O)OCCN)C(O)/C=C/CC/C=C/CC/C=C/CCC. The molecule has 8 nitrogen and oxygen atoms in total. The number of rotatable bonds is 35. The van der Waals surface area contributed by atoms with Gasteiger partial charge in [0.1, 0.15) is 0 Å². The number of allylic oxidation sites excluding steroid dienone is 17. The maximum absolute atomic E-state index is 12.7. The molecule has 53 heavy (non-hydrogen) atoms. The van der Waals surface area contributed by atoms with Crippen molar-refractivity contribution in [2.75, 3.05) is 19.8 Å². The summed E-state index contributed by atoms with van der Waals surface area (Å²) in [5.41, 5.74) is 5.35. The summed E-state index contributed by atoms with van der Waals surface area (Å²) in [5.74, 6) is -0.241. The summed E-state index contributed by atoms with van der Waals surface area (Å²) in [6, 6.07) is -0.903. The van der Waals surface area contributed by atoms with Crippen LogP contribution in [0, 0.1) is 0 Å². The lowest BCUT2D eigenvalue weighted by molar-refractivity contribution is -0.123. The molecule has 0 spiro atoms. The number of nitrogens with one attached hydrogen (secondary N) is 1. The molecule has 9 heteroatoms. The van der Waals surface area contributed by atoms with Crippen LogP contribution in [0.2, 0.25) is 0 Å². The van der Waals surface area contributed by atoms with E-state index in [1.807, 2.05) is 6.08 Å². The fourth-order valence-electron chi connectivity index (χ4n) is 4.82. The van der Waals surface area contributed by atoms with Crippen molar-refractivity contribution in [2.24, 2.45) is 5.73 Å². The monoisotopic (exact) mass is 757 g/mol. The fourth-order valence-corrected chi connectivity index (χ4v) is 5.58. The lowest BCUT2D eigenvalue weighted by Crippen LogP contribution is -2.45. The first kappa shape index (κ1) is 50.2. The summed E-state index contributed by atoms with van der Waals surface area (Å²) in [6.45, 7) is 3.85. The standard InChI is InChI=1S/C44H73N2O6P/c1-3-5-7-9-11-13-15-16-17-18-19-20-21-22-23-24-25-26-28-30-32-34-36-38-44(48)46-42(41-52-53(49,50)51-40-39-45)43(47)37-35-33-31-29-27-14-12-10-8-6-4-2/h5,7-8,10-11,13,16-17,19-20,22-23,25-27,29,35,37,42-43,47H,3-4,6,9,12,14-15,18,21,24,28,30-34,36,38-41,45H2,1-2H3,(H,46,48)(H,49,50)/b7-5-,10-8+,13-11-,17-16-,20-19-,23-22-,26-25-,29-27+,37-35+. The first-order valence-corrected chi connectivity index (χ1v) is 21.5. The van der Waals surface area contributed by atoms with Gasteiger partial charge >= 0.3 is 7.82 Å². The summed E-state index contributed by atoms with van der Waals surface area (Å²) in [5, 5.41) is 13.5. The molecular weight excluding hydrogens is 683 g/mol. The van der Waals surface area contributed by atoms with Crippen molar-refractivity contribution >= 4 is 13.7 Å². The van der Waals surface area contributed by atoms with E-state index < -0.39 is 20.0 Å². The van der Waals surface area contributed by atoms with Gasteiger partial charge in [0.05, 0.1) is 25.4 Å². The van der Waals surface area contributed by atoms with Crippen LogP contribution in [0.4, 0.5) is 0 Å². The van der Waals surface area contributed by atoms with E-state index in [4.69, 9.17) is 14.8 Å². The molecule has 0 aliphatic rings. The highest BCUT2D eigenvalue weighted by Gasteiger charge is 2.26. The van der Waals surface area contributed by atoms with Gasteiger partial charge in [-0.3, -0.25) is 13.8 Å². The maximum Gasteiger partial charge on any atom is 0.472 e. The molecule has 0 aromatic rings. The van der Waals surface area contributed by atoms with E-state index >= 15 is 0 Å². The van der Waals surface area contributed by atoms with Crippen LogP contribution in [-0.2, 0) is 18.4 Å². The third-order valence-corrected chi connectivity index (χ3v) is 8.78. The Hall–Kier alpha value is -2.84. The molecule has 0 saturated carbocycles. The highest BCUT2D eigenvalue weighted by atomic mass is 31.2. The highest BCUT2D eigenvalue weighted by Crippen LogP contribution is 2.43. The highest BCUT2D eigenvalue weighted by molar-refractivity contribution is 7.47. The molecule has 0 bridgehead atoms. The quantitative estimate of drug-likeness (QED) is 0.0288. The van der Waals surface area contributed by atoms with Crippen molar-refractivity contribution in [3.8, 4) is 0 Å². The molecule has 5 N–H and O–H groups in total. The number of carbonyl (C=O) groups excluding carboxylic acids is 1. The van der Waals surface area contributed by atoms with Crippen LogP contribution in [-0.4, -0.2) is 47.8 Å². The first-order valence-electron chi connectivity index (χ1n) is 20.0. The number of phosphoric ester groups is 1. The van der Waals surface area contributed by atoms with Gasteiger partial charge in [-0.15, -0.1) is 0 Å². The maximum atomic E-state index is 12.7. The number of nitrogens with two attached hydrogens (primary N) is 1. The third kappa shape index (κ3) is 37.3. The van der Waals surface area contributed by atoms with Gasteiger partial charge in [-0.1, -0.05) is 142 Å². The van der Waals surface area contributed by atoms with Gasteiger partial charge < -0.3 is 21.1 Å². The number of unbranched alkanes of at least 4 members (excludes halogenated alkanes) is 7. The molecule has 0 radical (unpaired) electrons. The second-order valence-electron chi connectivity index (χ2n) is 12.7. The van der Waals surface area contributed by atoms with E-state index in [1.54, 1.807) is 6.08 Å². The van der Waals surface area contributed by atoms with Crippen molar-refractivity contribution in [1.82, 2.24) is 5.32 Å². The van der Waals surface area contributed by atoms with Crippen LogP contribution in [0.5, 0.6) is 0 Å². The lowest BCUT2D eigenvalue weighted by atomic mass is 10.1. The molecule has 3 unspecified atom stereocenters. The van der Waals surface area contributed by atoms with Crippen LogP contribution in [0.25, 0.3) is 0 Å². The van der Waals surface area contributed by atoms with E-state index in [0.717, 1.165) is 103 Å². The minimum absolute atomic E-state index is 0.0603. The zero-order chi connectivity index (χ0) is 38.9. The number of aliphatic hydroxyl groups excluding tert-OH is 1. The van der Waals surface area contributed by atoms with Crippen molar-refractivity contribution in [1.29, 1.82) is 0 Å². The lowest BCUT2D eigenvalue weighted by Gasteiger charge is -2.23. The predicted octanol–water partition coefficient (Wildman–Crippen LogP) is 11.0. The van der Waals surface area contributed by atoms with Crippen LogP contribution in [0.15, 0.2) is 109 Å². The molecule has 0 aliphatic heterocycles. The third-order valence-electron chi connectivity index (χ3n) is 7.79. The van der Waals surface area contributed by atoms with Gasteiger partial charge in [0.2, 0.25) is 5.91 Å². The Labute approximate surface area is 323 Å². The van der Waals surface area contributed by atoms with Crippen LogP contribution < -0.4 is 11.1 Å². The molecule has 0 aromatic carbocycles. The molecule has 1 amide bonds. The summed E-state index contributed by atoms with van der Waals surface area (Å²) in [6.07, 6.45) is 54.3. The van der Waals surface area contributed by atoms with E-state index in [-0.39, 0.29) is 25.7 Å². The fraction of sp³-hybridized carbons (Fsp3) is 0.568. The van der Waals surface area contributed by atoms with Crippen LogP contribution >= 0.6 is 7.82 Å². The van der Waals surface area contributed by atoms with Gasteiger partial charge in [0.25, 0.3) is 0 Å². The minimum atomic E-state index is -4.36. The number of amides is 1. The number of aliphatic hydroxyl groups is 1. The Morgan fingerprint density at radius 2 is 1.11 bits per heavy atom. The van der Waals surface area contributed by atoms with Crippen LogP contribution in [0.1, 0.15) is 129 Å². The van der Waals surface area contributed by atoms with Gasteiger partial charge in [-0.2, -0.15) is 0 Å². The number of phosphoric acid groups is 1. The summed E-state index contributed by atoms with van der Waals surface area (Å²) in [4.78, 5) is 22.6. The first-order chi connectivity index (χ1) is 25.9.